The van der Waals surface area contributed by atoms with Crippen LogP contribution in [0, 0.1) is 5.92 Å². The van der Waals surface area contributed by atoms with Gasteiger partial charge in [-0.2, -0.15) is 13.2 Å². The van der Waals surface area contributed by atoms with Gasteiger partial charge in [0.25, 0.3) is 0 Å². The van der Waals surface area contributed by atoms with Crippen LogP contribution >= 0.6 is 0 Å². The molecule has 1 aliphatic heterocycles. The number of carbonyl (C=O) groups excluding carboxylic acids is 3. The van der Waals surface area contributed by atoms with Gasteiger partial charge in [-0.25, -0.2) is 0 Å². The molecule has 2 N–H and O–H groups in total. The third kappa shape index (κ3) is 6.00. The van der Waals surface area contributed by atoms with Crippen LogP contribution in [0.25, 0.3) is 0 Å². The van der Waals surface area contributed by atoms with E-state index in [1.165, 1.54) is 0 Å². The van der Waals surface area contributed by atoms with Gasteiger partial charge in [0.05, 0.1) is 6.54 Å². The van der Waals surface area contributed by atoms with Crippen LogP contribution in [-0.4, -0.2) is 36.9 Å². The van der Waals surface area contributed by atoms with Gasteiger partial charge < -0.3 is 10.5 Å². The predicted molar refractivity (Wildman–Crippen MR) is 49.8 cm³/mol. The Morgan fingerprint density at radius 3 is 2.24 bits per heavy atom. The van der Waals surface area contributed by atoms with Crippen LogP contribution in [0.1, 0.15) is 13.3 Å². The average Bonchev–Trinajstić information content (AvgIpc) is 2.25. The van der Waals surface area contributed by atoms with Crippen LogP contribution in [-0.2, 0) is 19.1 Å². The molecule has 0 radical (unpaired) electrons. The Bertz CT molecular complexity index is 303. The topological polar surface area (TPSA) is 86.5 Å². The van der Waals surface area contributed by atoms with Gasteiger partial charge in [-0.05, 0) is 6.92 Å². The summed E-state index contributed by atoms with van der Waals surface area (Å²) in [5.74, 6) is -0.608. The molecule has 1 heterocycles. The van der Waals surface area contributed by atoms with Crippen molar-refractivity contribution < 1.29 is 32.3 Å². The highest BCUT2D eigenvalue weighted by Gasteiger charge is 2.39. The third-order valence-electron chi connectivity index (χ3n) is 1.98. The standard InChI is InChI=1S/C7H11NO3.C2HF3O/c1-4-6(7(10)11-4)2-5(9)3-8;3-2(4,5)1-6/h4,6H,2-3,8H2,1H3;1H/t4-,6+;/m1./s1. The van der Waals surface area contributed by atoms with Gasteiger partial charge in [-0.1, -0.05) is 0 Å². The average molecular weight is 255 g/mol. The SMILES string of the molecule is C[C@H]1OC(=O)[C@H]1CC(=O)CN.O=CC(F)(F)F. The highest BCUT2D eigenvalue weighted by atomic mass is 19.4. The molecule has 0 amide bonds. The van der Waals surface area contributed by atoms with E-state index in [9.17, 15) is 22.8 Å². The predicted octanol–water partition coefficient (Wildman–Crippen LogP) is 0.213. The van der Waals surface area contributed by atoms with Crippen LogP contribution in [0.3, 0.4) is 0 Å². The summed E-state index contributed by atoms with van der Waals surface area (Å²) in [5, 5.41) is 0. The first-order valence-electron chi connectivity index (χ1n) is 4.66. The lowest BCUT2D eigenvalue weighted by Gasteiger charge is -2.31. The molecule has 98 valence electrons. The van der Waals surface area contributed by atoms with Crippen molar-refractivity contribution in [1.29, 1.82) is 0 Å². The second kappa shape index (κ2) is 6.33. The van der Waals surface area contributed by atoms with Crippen LogP contribution < -0.4 is 5.73 Å². The number of ether oxygens (including phenoxy) is 1. The van der Waals surface area contributed by atoms with E-state index in [-0.39, 0.29) is 36.7 Å². The second-order valence-electron chi connectivity index (χ2n) is 3.35. The number of Topliss-reactive ketones (excluding diaryl/α,β-unsaturated/α-hetero) is 1. The highest BCUT2D eigenvalue weighted by Crippen LogP contribution is 2.24. The number of aldehydes is 1. The van der Waals surface area contributed by atoms with Crippen molar-refractivity contribution in [2.75, 3.05) is 6.54 Å². The van der Waals surface area contributed by atoms with Gasteiger partial charge >= 0.3 is 12.1 Å². The van der Waals surface area contributed by atoms with E-state index in [2.05, 4.69) is 4.74 Å². The number of rotatable bonds is 3. The molecule has 1 fully saturated rings. The molecule has 0 aromatic rings. The maximum Gasteiger partial charge on any atom is 0.446 e. The Balaban J connectivity index is 0.000000366. The molecule has 0 saturated carbocycles. The zero-order valence-electron chi connectivity index (χ0n) is 8.99. The summed E-state index contributed by atoms with van der Waals surface area (Å²) in [6.07, 6.45) is -5.58. The summed E-state index contributed by atoms with van der Waals surface area (Å²) in [6.45, 7) is 1.78. The fraction of sp³-hybridized carbons (Fsp3) is 0.667. The number of hydrogen-bond donors (Lipinski definition) is 1. The lowest BCUT2D eigenvalue weighted by atomic mass is 9.93. The number of halogens is 3. The molecular formula is C9H12F3NO4. The van der Waals surface area contributed by atoms with Gasteiger partial charge in [0.15, 0.2) is 0 Å². The van der Waals surface area contributed by atoms with Crippen LogP contribution in [0.2, 0.25) is 0 Å². The van der Waals surface area contributed by atoms with Crippen molar-refractivity contribution in [2.24, 2.45) is 11.7 Å². The molecule has 1 saturated heterocycles. The van der Waals surface area contributed by atoms with E-state index in [1.54, 1.807) is 6.92 Å². The minimum atomic E-state index is -4.64. The quantitative estimate of drug-likeness (QED) is 0.575. The number of hydrogen-bond acceptors (Lipinski definition) is 5. The summed E-state index contributed by atoms with van der Waals surface area (Å²) in [4.78, 5) is 30.2. The molecule has 1 rings (SSSR count). The Hall–Kier alpha value is -1.44. The normalized spacial score (nSPS) is 22.8. The Kier molecular flexibility index (Phi) is 5.80. The summed E-state index contributed by atoms with van der Waals surface area (Å²) in [6, 6.07) is 0. The lowest BCUT2D eigenvalue weighted by molar-refractivity contribution is -0.183. The fourth-order valence-corrected chi connectivity index (χ4v) is 1.05. The maximum atomic E-state index is 10.8. The number of cyclic esters (lactones) is 1. The lowest BCUT2D eigenvalue weighted by Crippen LogP contribution is -2.44. The van der Waals surface area contributed by atoms with Crippen molar-refractivity contribution in [3.8, 4) is 0 Å². The number of carbonyl (C=O) groups is 3. The summed E-state index contributed by atoms with van der Waals surface area (Å²) in [7, 11) is 0. The molecule has 0 aliphatic carbocycles. The molecule has 0 bridgehead atoms. The van der Waals surface area contributed by atoms with Gasteiger partial charge in [-0.15, -0.1) is 0 Å². The smallest absolute Gasteiger partial charge is 0.446 e. The van der Waals surface area contributed by atoms with Crippen molar-refractivity contribution in [1.82, 2.24) is 0 Å². The zero-order chi connectivity index (χ0) is 13.6. The first-order chi connectivity index (χ1) is 7.71. The van der Waals surface area contributed by atoms with Gasteiger partial charge in [0.2, 0.25) is 6.29 Å². The molecule has 8 heteroatoms. The van der Waals surface area contributed by atoms with Crippen molar-refractivity contribution >= 4 is 18.0 Å². The molecule has 0 aromatic heterocycles. The second-order valence-corrected chi connectivity index (χ2v) is 3.35. The number of alkyl halides is 3. The van der Waals surface area contributed by atoms with Crippen LogP contribution in [0.5, 0.6) is 0 Å². The Morgan fingerprint density at radius 2 is 2.00 bits per heavy atom. The van der Waals surface area contributed by atoms with Gasteiger partial charge in [0, 0.05) is 6.42 Å². The molecular weight excluding hydrogens is 243 g/mol. The molecule has 0 aromatic carbocycles. The number of ketones is 1. The monoisotopic (exact) mass is 255 g/mol. The Morgan fingerprint density at radius 1 is 1.53 bits per heavy atom. The first-order valence-corrected chi connectivity index (χ1v) is 4.66. The zero-order valence-corrected chi connectivity index (χ0v) is 8.99. The van der Waals surface area contributed by atoms with E-state index < -0.39 is 12.5 Å². The number of esters is 1. The molecule has 0 spiro atoms. The van der Waals surface area contributed by atoms with Gasteiger partial charge in [0.1, 0.15) is 17.8 Å². The third-order valence-corrected chi connectivity index (χ3v) is 1.98. The molecule has 1 aliphatic rings. The fourth-order valence-electron chi connectivity index (χ4n) is 1.05. The molecule has 0 unspecified atom stereocenters. The van der Waals surface area contributed by atoms with Gasteiger partial charge in [-0.3, -0.25) is 14.4 Å². The van der Waals surface area contributed by atoms with Crippen LogP contribution in [0.15, 0.2) is 0 Å². The summed E-state index contributed by atoms with van der Waals surface area (Å²) in [5.41, 5.74) is 5.09. The van der Waals surface area contributed by atoms with Crippen molar-refractivity contribution in [2.45, 2.75) is 25.6 Å². The summed E-state index contributed by atoms with van der Waals surface area (Å²) < 4.78 is 35.9. The Labute approximate surface area is 95.1 Å². The maximum absolute atomic E-state index is 10.8. The van der Waals surface area contributed by atoms with E-state index in [4.69, 9.17) is 10.5 Å². The van der Waals surface area contributed by atoms with E-state index >= 15 is 0 Å². The minimum absolute atomic E-state index is 0.0104. The molecule has 17 heavy (non-hydrogen) atoms. The van der Waals surface area contributed by atoms with E-state index in [0.717, 1.165) is 0 Å². The van der Waals surface area contributed by atoms with Crippen molar-refractivity contribution in [3.05, 3.63) is 0 Å². The molecule has 2 atom stereocenters. The first kappa shape index (κ1) is 15.6. The molecule has 5 nitrogen and oxygen atoms in total. The van der Waals surface area contributed by atoms with Crippen LogP contribution in [0.4, 0.5) is 13.2 Å². The van der Waals surface area contributed by atoms with Crippen molar-refractivity contribution in [3.63, 3.8) is 0 Å². The number of nitrogens with two attached hydrogens (primary N) is 1. The van der Waals surface area contributed by atoms with E-state index in [1.807, 2.05) is 0 Å². The summed E-state index contributed by atoms with van der Waals surface area (Å²) >= 11 is 0. The van der Waals surface area contributed by atoms with E-state index in [0.29, 0.717) is 0 Å². The minimum Gasteiger partial charge on any atom is -0.461 e. The largest absolute Gasteiger partial charge is 0.461 e. The highest BCUT2D eigenvalue weighted by molar-refractivity contribution is 5.88.